The third kappa shape index (κ3) is 8.22. The van der Waals surface area contributed by atoms with Crippen molar-refractivity contribution >= 4 is 29.9 Å². The number of guanidine groups is 1. The third-order valence-corrected chi connectivity index (χ3v) is 4.71. The van der Waals surface area contributed by atoms with Crippen molar-refractivity contribution < 1.29 is 4.74 Å². The Labute approximate surface area is 176 Å². The lowest BCUT2D eigenvalue weighted by molar-refractivity contribution is 0.143. The molecule has 2 atom stereocenters. The first-order valence-corrected chi connectivity index (χ1v) is 9.55. The van der Waals surface area contributed by atoms with E-state index in [0.29, 0.717) is 12.1 Å². The lowest BCUT2D eigenvalue weighted by atomic mass is 10.2. The van der Waals surface area contributed by atoms with E-state index < -0.39 is 0 Å². The molecule has 0 amide bonds. The van der Waals surface area contributed by atoms with E-state index in [0.717, 1.165) is 58.1 Å². The zero-order chi connectivity index (χ0) is 17.9. The Hall–Kier alpha value is -0.860. The molecule has 26 heavy (non-hydrogen) atoms. The fourth-order valence-electron chi connectivity index (χ4n) is 3.31. The smallest absolute Gasteiger partial charge is 0.191 e. The van der Waals surface area contributed by atoms with Gasteiger partial charge >= 0.3 is 0 Å². The van der Waals surface area contributed by atoms with E-state index in [1.165, 1.54) is 5.56 Å². The number of ether oxygens (including phenoxy) is 1. The SMILES string of the molecule is CCOCCCCNC(=NC)NC1CC(C)N(Cc2ccccc2)C1.I. The fourth-order valence-corrected chi connectivity index (χ4v) is 3.31. The van der Waals surface area contributed by atoms with E-state index in [1.807, 2.05) is 14.0 Å². The molecule has 6 heteroatoms. The Morgan fingerprint density at radius 1 is 1.27 bits per heavy atom. The summed E-state index contributed by atoms with van der Waals surface area (Å²) in [5, 5.41) is 7.00. The zero-order valence-corrected chi connectivity index (χ0v) is 18.7. The standard InChI is InChI=1S/C20H34N4O.HI/c1-4-25-13-9-8-12-22-20(21-3)23-19-14-17(2)24(16-19)15-18-10-6-5-7-11-18;/h5-7,10-11,17,19H,4,8-9,12-16H2,1-3H3,(H2,21,22,23);1H. The molecule has 1 heterocycles. The van der Waals surface area contributed by atoms with Gasteiger partial charge in [-0.15, -0.1) is 24.0 Å². The second kappa shape index (κ2) is 13.3. The van der Waals surface area contributed by atoms with Crippen molar-refractivity contribution in [2.24, 2.45) is 4.99 Å². The van der Waals surface area contributed by atoms with Gasteiger partial charge in [-0.3, -0.25) is 9.89 Å². The van der Waals surface area contributed by atoms with E-state index in [1.54, 1.807) is 0 Å². The van der Waals surface area contributed by atoms with Crippen LogP contribution in [0.25, 0.3) is 0 Å². The van der Waals surface area contributed by atoms with Crippen LogP contribution in [-0.2, 0) is 11.3 Å². The topological polar surface area (TPSA) is 48.9 Å². The van der Waals surface area contributed by atoms with Gasteiger partial charge in [0.1, 0.15) is 0 Å². The minimum Gasteiger partial charge on any atom is -0.382 e. The molecule has 1 aliphatic rings. The van der Waals surface area contributed by atoms with E-state index in [-0.39, 0.29) is 24.0 Å². The van der Waals surface area contributed by atoms with Gasteiger partial charge in [0.05, 0.1) is 0 Å². The first kappa shape index (κ1) is 23.2. The summed E-state index contributed by atoms with van der Waals surface area (Å²) in [6.07, 6.45) is 3.34. The monoisotopic (exact) mass is 474 g/mol. The van der Waals surface area contributed by atoms with Gasteiger partial charge in [0, 0.05) is 52.0 Å². The number of hydrogen-bond donors (Lipinski definition) is 2. The minimum absolute atomic E-state index is 0. The average Bonchev–Trinajstić information content (AvgIpc) is 2.97. The van der Waals surface area contributed by atoms with Gasteiger partial charge in [-0.2, -0.15) is 0 Å². The summed E-state index contributed by atoms with van der Waals surface area (Å²) in [7, 11) is 1.84. The lowest BCUT2D eigenvalue weighted by Gasteiger charge is -2.21. The van der Waals surface area contributed by atoms with Crippen LogP contribution in [0, 0.1) is 0 Å². The highest BCUT2D eigenvalue weighted by atomic mass is 127. The minimum atomic E-state index is 0. The van der Waals surface area contributed by atoms with Crippen molar-refractivity contribution in [2.75, 3.05) is 33.4 Å². The lowest BCUT2D eigenvalue weighted by Crippen LogP contribution is -2.44. The van der Waals surface area contributed by atoms with Crippen molar-refractivity contribution in [2.45, 2.75) is 51.7 Å². The summed E-state index contributed by atoms with van der Waals surface area (Å²) in [6.45, 7) is 9.00. The molecular formula is C20H35IN4O. The van der Waals surface area contributed by atoms with E-state index >= 15 is 0 Å². The molecule has 2 unspecified atom stereocenters. The van der Waals surface area contributed by atoms with Crippen molar-refractivity contribution in [3.63, 3.8) is 0 Å². The zero-order valence-electron chi connectivity index (χ0n) is 16.4. The number of rotatable bonds is 9. The van der Waals surface area contributed by atoms with Crippen molar-refractivity contribution in [1.29, 1.82) is 0 Å². The number of likely N-dealkylation sites (tertiary alicyclic amines) is 1. The second-order valence-electron chi connectivity index (χ2n) is 6.74. The highest BCUT2D eigenvalue weighted by Crippen LogP contribution is 2.20. The van der Waals surface area contributed by atoms with Crippen LogP contribution in [0.3, 0.4) is 0 Å². The van der Waals surface area contributed by atoms with E-state index in [2.05, 4.69) is 57.8 Å². The van der Waals surface area contributed by atoms with Crippen molar-refractivity contribution in [3.8, 4) is 0 Å². The molecular weight excluding hydrogens is 439 g/mol. The average molecular weight is 474 g/mol. The van der Waals surface area contributed by atoms with Gasteiger partial charge in [-0.25, -0.2) is 0 Å². The Kier molecular flexibility index (Phi) is 11.9. The molecule has 2 rings (SSSR count). The Morgan fingerprint density at radius 3 is 2.73 bits per heavy atom. The van der Waals surface area contributed by atoms with E-state index in [9.17, 15) is 0 Å². The maximum absolute atomic E-state index is 5.37. The molecule has 1 aliphatic heterocycles. The Morgan fingerprint density at radius 2 is 2.04 bits per heavy atom. The van der Waals surface area contributed by atoms with Crippen LogP contribution in [0.2, 0.25) is 0 Å². The first-order valence-electron chi connectivity index (χ1n) is 9.55. The summed E-state index contributed by atoms with van der Waals surface area (Å²) in [5.41, 5.74) is 1.38. The number of unbranched alkanes of at least 4 members (excludes halogenated alkanes) is 1. The van der Waals surface area contributed by atoms with Gasteiger partial charge in [-0.1, -0.05) is 30.3 Å². The summed E-state index contributed by atoms with van der Waals surface area (Å²) >= 11 is 0. The van der Waals surface area contributed by atoms with Crippen molar-refractivity contribution in [1.82, 2.24) is 15.5 Å². The molecule has 0 aromatic heterocycles. The molecule has 148 valence electrons. The molecule has 2 N–H and O–H groups in total. The van der Waals surface area contributed by atoms with Crippen LogP contribution < -0.4 is 10.6 Å². The summed E-state index contributed by atoms with van der Waals surface area (Å²) < 4.78 is 5.37. The van der Waals surface area contributed by atoms with Crippen LogP contribution in [0.15, 0.2) is 35.3 Å². The largest absolute Gasteiger partial charge is 0.382 e. The van der Waals surface area contributed by atoms with Crippen LogP contribution in [-0.4, -0.2) is 56.3 Å². The van der Waals surface area contributed by atoms with Gasteiger partial charge in [0.2, 0.25) is 0 Å². The van der Waals surface area contributed by atoms with Crippen LogP contribution in [0.5, 0.6) is 0 Å². The molecule has 0 spiro atoms. The number of nitrogens with one attached hydrogen (secondary N) is 2. The predicted octanol–water partition coefficient (Wildman–Crippen LogP) is 3.25. The highest BCUT2D eigenvalue weighted by molar-refractivity contribution is 14.0. The summed E-state index contributed by atoms with van der Waals surface area (Å²) in [4.78, 5) is 6.91. The molecule has 1 fully saturated rings. The van der Waals surface area contributed by atoms with Gasteiger partial charge in [-0.05, 0) is 38.7 Å². The Bertz CT molecular complexity index is 512. The van der Waals surface area contributed by atoms with Crippen LogP contribution >= 0.6 is 24.0 Å². The molecule has 1 saturated heterocycles. The van der Waals surface area contributed by atoms with E-state index in [4.69, 9.17) is 4.74 Å². The number of aliphatic imine (C=N–C) groups is 1. The highest BCUT2D eigenvalue weighted by Gasteiger charge is 2.29. The quantitative estimate of drug-likeness (QED) is 0.250. The van der Waals surface area contributed by atoms with Gasteiger partial charge < -0.3 is 15.4 Å². The number of nitrogens with zero attached hydrogens (tertiary/aromatic N) is 2. The molecule has 1 aromatic carbocycles. The fraction of sp³-hybridized carbons (Fsp3) is 0.650. The molecule has 1 aromatic rings. The number of hydrogen-bond acceptors (Lipinski definition) is 3. The number of benzene rings is 1. The third-order valence-electron chi connectivity index (χ3n) is 4.71. The molecule has 0 aliphatic carbocycles. The maximum atomic E-state index is 5.37. The van der Waals surface area contributed by atoms with Gasteiger partial charge in [0.15, 0.2) is 5.96 Å². The van der Waals surface area contributed by atoms with Crippen LogP contribution in [0.4, 0.5) is 0 Å². The van der Waals surface area contributed by atoms with Crippen molar-refractivity contribution in [3.05, 3.63) is 35.9 Å². The predicted molar refractivity (Wildman–Crippen MR) is 120 cm³/mol. The number of halogens is 1. The Balaban J connectivity index is 0.00000338. The van der Waals surface area contributed by atoms with Crippen LogP contribution in [0.1, 0.15) is 38.7 Å². The summed E-state index contributed by atoms with van der Waals surface area (Å²) in [6, 6.07) is 11.7. The molecule has 5 nitrogen and oxygen atoms in total. The summed E-state index contributed by atoms with van der Waals surface area (Å²) in [5.74, 6) is 0.912. The van der Waals surface area contributed by atoms with Gasteiger partial charge in [0.25, 0.3) is 0 Å². The maximum Gasteiger partial charge on any atom is 0.191 e. The first-order chi connectivity index (χ1) is 12.2. The molecule has 0 bridgehead atoms. The second-order valence-corrected chi connectivity index (χ2v) is 6.74. The molecule has 0 saturated carbocycles. The molecule has 0 radical (unpaired) electrons. The normalized spacial score (nSPS) is 20.7.